The van der Waals surface area contributed by atoms with Crippen LogP contribution in [0.1, 0.15) is 23.9 Å². The van der Waals surface area contributed by atoms with E-state index >= 15 is 0 Å². The minimum atomic E-state index is 0.109. The van der Waals surface area contributed by atoms with E-state index < -0.39 is 0 Å². The molecule has 0 aliphatic heterocycles. The zero-order valence-corrected chi connectivity index (χ0v) is 15.7. The molecule has 0 spiro atoms. The second-order valence-corrected chi connectivity index (χ2v) is 7.33. The van der Waals surface area contributed by atoms with Gasteiger partial charge < -0.3 is 4.57 Å². The number of rotatable bonds is 8. The van der Waals surface area contributed by atoms with Crippen molar-refractivity contribution in [1.82, 2.24) is 29.9 Å². The van der Waals surface area contributed by atoms with Crippen molar-refractivity contribution in [2.24, 2.45) is 0 Å². The van der Waals surface area contributed by atoms with Gasteiger partial charge in [-0.3, -0.25) is 9.78 Å². The minimum absolute atomic E-state index is 0.109. The molecule has 0 unspecified atom stereocenters. The predicted molar refractivity (Wildman–Crippen MR) is 97.6 cm³/mol. The van der Waals surface area contributed by atoms with Crippen LogP contribution in [0.15, 0.2) is 29.7 Å². The standard InChI is InChI=1S/C16H18N6OS2/c1-3-13-18-19-14(25-13)8-12(23)10-24-16-21-20-15(22(16)4-2)11-6-5-7-17-9-11/h5-7,9H,3-4,8,10H2,1-2H3. The second-order valence-electron chi connectivity index (χ2n) is 5.24. The van der Waals surface area contributed by atoms with E-state index in [4.69, 9.17) is 0 Å². The highest BCUT2D eigenvalue weighted by Gasteiger charge is 2.15. The number of pyridine rings is 1. The van der Waals surface area contributed by atoms with Crippen LogP contribution in [-0.4, -0.2) is 41.5 Å². The quantitative estimate of drug-likeness (QED) is 0.560. The van der Waals surface area contributed by atoms with Crippen molar-refractivity contribution >= 4 is 28.9 Å². The Hall–Kier alpha value is -2.13. The fourth-order valence-electron chi connectivity index (χ4n) is 2.26. The Kier molecular flexibility index (Phi) is 5.87. The van der Waals surface area contributed by atoms with Gasteiger partial charge in [-0.2, -0.15) is 0 Å². The molecule has 0 N–H and O–H groups in total. The molecule has 3 rings (SSSR count). The highest BCUT2D eigenvalue weighted by molar-refractivity contribution is 7.99. The van der Waals surface area contributed by atoms with E-state index in [0.29, 0.717) is 12.2 Å². The van der Waals surface area contributed by atoms with Crippen LogP contribution in [0.25, 0.3) is 11.4 Å². The second kappa shape index (κ2) is 8.30. The molecule has 3 heterocycles. The van der Waals surface area contributed by atoms with Crippen LogP contribution in [0.2, 0.25) is 0 Å². The van der Waals surface area contributed by atoms with E-state index in [1.807, 2.05) is 30.5 Å². The van der Waals surface area contributed by atoms with E-state index in [9.17, 15) is 4.79 Å². The van der Waals surface area contributed by atoms with Crippen LogP contribution in [0.3, 0.4) is 0 Å². The maximum Gasteiger partial charge on any atom is 0.191 e. The molecule has 0 fully saturated rings. The monoisotopic (exact) mass is 374 g/mol. The van der Waals surface area contributed by atoms with Crippen LogP contribution < -0.4 is 0 Å². The predicted octanol–water partition coefficient (Wildman–Crippen LogP) is 2.68. The van der Waals surface area contributed by atoms with Gasteiger partial charge in [-0.1, -0.05) is 18.7 Å². The zero-order valence-electron chi connectivity index (χ0n) is 14.0. The van der Waals surface area contributed by atoms with Crippen molar-refractivity contribution < 1.29 is 4.79 Å². The third-order valence-corrected chi connectivity index (χ3v) is 5.57. The largest absolute Gasteiger partial charge is 0.302 e. The van der Waals surface area contributed by atoms with Gasteiger partial charge in [-0.15, -0.1) is 31.7 Å². The highest BCUT2D eigenvalue weighted by atomic mass is 32.2. The molecule has 3 aromatic heterocycles. The normalized spacial score (nSPS) is 11.0. The molecule has 0 aromatic carbocycles. The van der Waals surface area contributed by atoms with Gasteiger partial charge in [0.2, 0.25) is 0 Å². The van der Waals surface area contributed by atoms with Gasteiger partial charge in [0, 0.05) is 24.5 Å². The number of Topliss-reactive ketones (excluding diaryl/α,β-unsaturated/α-hetero) is 1. The van der Waals surface area contributed by atoms with Crippen molar-refractivity contribution in [3.8, 4) is 11.4 Å². The van der Waals surface area contributed by atoms with Gasteiger partial charge >= 0.3 is 0 Å². The number of aromatic nitrogens is 6. The molecule has 0 aliphatic rings. The average Bonchev–Trinajstić information content (AvgIpc) is 3.26. The molecule has 0 bridgehead atoms. The molecule has 0 aliphatic carbocycles. The van der Waals surface area contributed by atoms with E-state index in [2.05, 4.69) is 25.4 Å². The van der Waals surface area contributed by atoms with Gasteiger partial charge in [-0.05, 0) is 25.5 Å². The molecule has 3 aromatic rings. The Morgan fingerprint density at radius 1 is 1.20 bits per heavy atom. The van der Waals surface area contributed by atoms with Gasteiger partial charge in [0.25, 0.3) is 0 Å². The van der Waals surface area contributed by atoms with Gasteiger partial charge in [0.1, 0.15) is 15.8 Å². The van der Waals surface area contributed by atoms with Crippen LogP contribution in [0.5, 0.6) is 0 Å². The maximum absolute atomic E-state index is 12.2. The SMILES string of the molecule is CCc1nnc(CC(=O)CSc2nnc(-c3cccnc3)n2CC)s1. The number of aryl methyl sites for hydroxylation is 1. The summed E-state index contributed by atoms with van der Waals surface area (Å²) in [5, 5.41) is 19.1. The number of thioether (sulfide) groups is 1. The van der Waals surface area contributed by atoms with Gasteiger partial charge in [0.15, 0.2) is 11.0 Å². The lowest BCUT2D eigenvalue weighted by Gasteiger charge is -2.06. The summed E-state index contributed by atoms with van der Waals surface area (Å²) in [5.41, 5.74) is 0.913. The summed E-state index contributed by atoms with van der Waals surface area (Å²) in [6, 6.07) is 3.82. The fourth-order valence-corrected chi connectivity index (χ4v) is 3.93. The van der Waals surface area contributed by atoms with Crippen LogP contribution >= 0.6 is 23.1 Å². The minimum Gasteiger partial charge on any atom is -0.302 e. The van der Waals surface area contributed by atoms with Crippen molar-refractivity contribution in [3.05, 3.63) is 34.5 Å². The van der Waals surface area contributed by atoms with Crippen molar-refractivity contribution in [2.75, 3.05) is 5.75 Å². The number of ketones is 1. The molecule has 130 valence electrons. The molecule has 25 heavy (non-hydrogen) atoms. The van der Waals surface area contributed by atoms with E-state index in [-0.39, 0.29) is 5.78 Å². The molecular weight excluding hydrogens is 356 g/mol. The summed E-state index contributed by atoms with van der Waals surface area (Å²) in [4.78, 5) is 16.3. The van der Waals surface area contributed by atoms with Crippen LogP contribution in [-0.2, 0) is 24.2 Å². The molecular formula is C16H18N6OS2. The molecule has 9 heteroatoms. The van der Waals surface area contributed by atoms with E-state index in [1.54, 1.807) is 12.4 Å². The smallest absolute Gasteiger partial charge is 0.191 e. The third kappa shape index (κ3) is 4.29. The zero-order chi connectivity index (χ0) is 17.6. The fraction of sp³-hybridized carbons (Fsp3) is 0.375. The molecule has 0 atom stereocenters. The average molecular weight is 374 g/mol. The first-order valence-corrected chi connectivity index (χ1v) is 9.80. The van der Waals surface area contributed by atoms with Crippen molar-refractivity contribution in [3.63, 3.8) is 0 Å². The number of carbonyl (C=O) groups excluding carboxylic acids is 1. The molecule has 0 saturated heterocycles. The molecule has 0 amide bonds. The molecule has 7 nitrogen and oxygen atoms in total. The van der Waals surface area contributed by atoms with Crippen molar-refractivity contribution in [1.29, 1.82) is 0 Å². The first kappa shape index (κ1) is 17.7. The molecule has 0 radical (unpaired) electrons. The van der Waals surface area contributed by atoms with Crippen molar-refractivity contribution in [2.45, 2.75) is 38.4 Å². The lowest BCUT2D eigenvalue weighted by atomic mass is 10.3. The Bertz CT molecular complexity index is 845. The summed E-state index contributed by atoms with van der Waals surface area (Å²) in [5.74, 6) is 1.21. The van der Waals surface area contributed by atoms with Gasteiger partial charge in [-0.25, -0.2) is 0 Å². The number of carbonyl (C=O) groups is 1. The lowest BCUT2D eigenvalue weighted by molar-refractivity contribution is -0.116. The highest BCUT2D eigenvalue weighted by Crippen LogP contribution is 2.23. The van der Waals surface area contributed by atoms with Crippen LogP contribution in [0, 0.1) is 0 Å². The van der Waals surface area contributed by atoms with E-state index in [0.717, 1.165) is 39.5 Å². The first-order valence-electron chi connectivity index (χ1n) is 8.00. The topological polar surface area (TPSA) is 86.4 Å². The third-order valence-electron chi connectivity index (χ3n) is 3.47. The Balaban J connectivity index is 1.65. The summed E-state index contributed by atoms with van der Waals surface area (Å²) >= 11 is 2.90. The summed E-state index contributed by atoms with van der Waals surface area (Å²) in [7, 11) is 0. The number of hydrogen-bond acceptors (Lipinski definition) is 8. The van der Waals surface area contributed by atoms with Gasteiger partial charge in [0.05, 0.1) is 12.2 Å². The Morgan fingerprint density at radius 3 is 2.72 bits per heavy atom. The Labute approximate surface area is 153 Å². The summed E-state index contributed by atoms with van der Waals surface area (Å²) in [6.45, 7) is 4.78. The number of nitrogens with zero attached hydrogens (tertiary/aromatic N) is 6. The first-order chi connectivity index (χ1) is 12.2. The summed E-state index contributed by atoms with van der Waals surface area (Å²) < 4.78 is 2.00. The van der Waals surface area contributed by atoms with E-state index in [1.165, 1.54) is 23.1 Å². The molecule has 0 saturated carbocycles. The summed E-state index contributed by atoms with van der Waals surface area (Å²) in [6.07, 6.45) is 4.65. The van der Waals surface area contributed by atoms with Crippen LogP contribution in [0.4, 0.5) is 0 Å². The maximum atomic E-state index is 12.2. The Morgan fingerprint density at radius 2 is 2.04 bits per heavy atom. The lowest BCUT2D eigenvalue weighted by Crippen LogP contribution is -2.07. The number of hydrogen-bond donors (Lipinski definition) is 0.